The maximum absolute atomic E-state index is 13.2. The molecule has 3 heterocycles. The molecule has 30 heavy (non-hydrogen) atoms. The van der Waals surface area contributed by atoms with Crippen molar-refractivity contribution in [3.8, 4) is 6.07 Å². The van der Waals surface area contributed by atoms with E-state index in [-0.39, 0.29) is 23.5 Å². The van der Waals surface area contributed by atoms with Crippen LogP contribution in [-0.4, -0.2) is 39.6 Å². The molecule has 0 spiro atoms. The van der Waals surface area contributed by atoms with Gasteiger partial charge in [0.15, 0.2) is 0 Å². The molecule has 1 unspecified atom stereocenters. The van der Waals surface area contributed by atoms with Gasteiger partial charge < -0.3 is 9.47 Å². The highest BCUT2D eigenvalue weighted by Crippen LogP contribution is 2.29. The highest BCUT2D eigenvalue weighted by Gasteiger charge is 2.31. The first-order chi connectivity index (χ1) is 14.4. The summed E-state index contributed by atoms with van der Waals surface area (Å²) in [5, 5.41) is 9.28. The smallest absolute Gasteiger partial charge is 0.252 e. The SMILES string of the molecule is CC1CN(c2cc(=O)n(C)c3ccc(C#N)nc23)[C@@H](C)CN1Cc1ccc(F)cc1. The summed E-state index contributed by atoms with van der Waals surface area (Å²) >= 11 is 0. The first-order valence-electron chi connectivity index (χ1n) is 10.0. The topological polar surface area (TPSA) is 65.2 Å². The molecule has 2 aromatic heterocycles. The van der Waals surface area contributed by atoms with E-state index in [0.717, 1.165) is 30.9 Å². The van der Waals surface area contributed by atoms with Crippen molar-refractivity contribution in [1.82, 2.24) is 14.5 Å². The highest BCUT2D eigenvalue weighted by molar-refractivity contribution is 5.89. The number of nitrogens with zero attached hydrogens (tertiary/aromatic N) is 5. The van der Waals surface area contributed by atoms with Gasteiger partial charge in [0, 0.05) is 44.8 Å². The van der Waals surface area contributed by atoms with E-state index in [0.29, 0.717) is 16.7 Å². The van der Waals surface area contributed by atoms with Gasteiger partial charge in [-0.25, -0.2) is 9.37 Å². The van der Waals surface area contributed by atoms with Gasteiger partial charge in [0.2, 0.25) is 0 Å². The van der Waals surface area contributed by atoms with Crippen molar-refractivity contribution in [2.24, 2.45) is 7.05 Å². The predicted molar refractivity (Wildman–Crippen MR) is 115 cm³/mol. The normalized spacial score (nSPS) is 19.8. The van der Waals surface area contributed by atoms with E-state index in [1.807, 2.05) is 12.1 Å². The third-order valence-corrected chi connectivity index (χ3v) is 5.91. The number of pyridine rings is 2. The molecular formula is C23H24FN5O. The third-order valence-electron chi connectivity index (χ3n) is 5.91. The zero-order chi connectivity index (χ0) is 21.4. The van der Waals surface area contributed by atoms with Crippen LogP contribution in [0.5, 0.6) is 0 Å². The summed E-state index contributed by atoms with van der Waals surface area (Å²) in [7, 11) is 1.72. The molecule has 0 radical (unpaired) electrons. The van der Waals surface area contributed by atoms with Crippen LogP contribution >= 0.6 is 0 Å². The minimum atomic E-state index is -0.230. The molecule has 1 saturated heterocycles. The van der Waals surface area contributed by atoms with Crippen LogP contribution < -0.4 is 10.5 Å². The molecule has 6 nitrogen and oxygen atoms in total. The summed E-state index contributed by atoms with van der Waals surface area (Å²) < 4.78 is 14.8. The van der Waals surface area contributed by atoms with Gasteiger partial charge in [0.1, 0.15) is 23.1 Å². The van der Waals surface area contributed by atoms with Crippen molar-refractivity contribution in [3.63, 3.8) is 0 Å². The van der Waals surface area contributed by atoms with Crippen LogP contribution in [-0.2, 0) is 13.6 Å². The largest absolute Gasteiger partial charge is 0.364 e. The van der Waals surface area contributed by atoms with Crippen molar-refractivity contribution >= 4 is 16.7 Å². The maximum Gasteiger partial charge on any atom is 0.252 e. The quantitative estimate of drug-likeness (QED) is 0.670. The minimum Gasteiger partial charge on any atom is -0.364 e. The van der Waals surface area contributed by atoms with Crippen LogP contribution in [0.15, 0.2) is 47.3 Å². The third kappa shape index (κ3) is 3.66. The Morgan fingerprint density at radius 2 is 1.87 bits per heavy atom. The first kappa shape index (κ1) is 20.0. The van der Waals surface area contributed by atoms with E-state index < -0.39 is 0 Å². The Kier molecular flexibility index (Phi) is 5.27. The number of piperazine rings is 1. The molecule has 1 fully saturated rings. The lowest BCUT2D eigenvalue weighted by atomic mass is 10.0. The van der Waals surface area contributed by atoms with Gasteiger partial charge in [-0.15, -0.1) is 0 Å². The number of fused-ring (bicyclic) bond motifs is 1. The molecule has 0 aliphatic carbocycles. The van der Waals surface area contributed by atoms with Crippen molar-refractivity contribution in [3.05, 3.63) is 69.9 Å². The van der Waals surface area contributed by atoms with Crippen molar-refractivity contribution in [2.75, 3.05) is 18.0 Å². The van der Waals surface area contributed by atoms with Gasteiger partial charge >= 0.3 is 0 Å². The molecular weight excluding hydrogens is 381 g/mol. The van der Waals surface area contributed by atoms with Crippen LogP contribution in [0.4, 0.5) is 10.1 Å². The van der Waals surface area contributed by atoms with Crippen LogP contribution in [0.25, 0.3) is 11.0 Å². The number of nitriles is 1. The van der Waals surface area contributed by atoms with Crippen molar-refractivity contribution in [1.29, 1.82) is 5.26 Å². The van der Waals surface area contributed by atoms with Gasteiger partial charge in [-0.05, 0) is 43.7 Å². The summed E-state index contributed by atoms with van der Waals surface area (Å²) in [4.78, 5) is 21.7. The fourth-order valence-corrected chi connectivity index (χ4v) is 4.17. The van der Waals surface area contributed by atoms with Crippen LogP contribution in [0.3, 0.4) is 0 Å². The maximum atomic E-state index is 13.2. The molecule has 154 valence electrons. The van der Waals surface area contributed by atoms with E-state index in [4.69, 9.17) is 0 Å². The average molecular weight is 405 g/mol. The lowest BCUT2D eigenvalue weighted by Crippen LogP contribution is -2.56. The molecule has 1 aliphatic heterocycles. The fraction of sp³-hybridized carbons (Fsp3) is 0.348. The Labute approximate surface area is 174 Å². The predicted octanol–water partition coefficient (Wildman–Crippen LogP) is 3.04. The number of anilines is 1. The second kappa shape index (κ2) is 7.88. The molecule has 0 saturated carbocycles. The lowest BCUT2D eigenvalue weighted by Gasteiger charge is -2.45. The van der Waals surface area contributed by atoms with Crippen molar-refractivity contribution in [2.45, 2.75) is 32.5 Å². The molecule has 0 bridgehead atoms. The number of hydrogen-bond acceptors (Lipinski definition) is 5. The monoisotopic (exact) mass is 405 g/mol. The second-order valence-corrected chi connectivity index (χ2v) is 8.01. The standard InChI is InChI=1S/C23H24FN5O/c1-15-13-29(16(2)12-28(15)14-17-4-6-18(24)7-5-17)21-10-22(30)27(3)20-9-8-19(11-25)26-23(20)21/h4-10,15-16H,12-14H2,1-3H3/t15?,16-/m0/s1. The summed E-state index contributed by atoms with van der Waals surface area (Å²) in [6.45, 7) is 6.55. The van der Waals surface area contributed by atoms with E-state index in [9.17, 15) is 14.4 Å². The molecule has 1 aromatic carbocycles. The van der Waals surface area contributed by atoms with Gasteiger partial charge in [0.05, 0.1) is 11.2 Å². The van der Waals surface area contributed by atoms with Gasteiger partial charge in [0.25, 0.3) is 5.56 Å². The van der Waals surface area contributed by atoms with Gasteiger partial charge in [-0.1, -0.05) is 12.1 Å². The number of aromatic nitrogens is 2. The zero-order valence-corrected chi connectivity index (χ0v) is 17.3. The van der Waals surface area contributed by atoms with E-state index in [1.54, 1.807) is 29.8 Å². The molecule has 2 atom stereocenters. The Morgan fingerprint density at radius 1 is 1.13 bits per heavy atom. The molecule has 3 aromatic rings. The minimum absolute atomic E-state index is 0.0994. The highest BCUT2D eigenvalue weighted by atomic mass is 19.1. The lowest BCUT2D eigenvalue weighted by molar-refractivity contribution is 0.158. The molecule has 4 rings (SSSR count). The van der Waals surface area contributed by atoms with Crippen LogP contribution in [0.1, 0.15) is 25.1 Å². The van der Waals surface area contributed by atoms with Crippen molar-refractivity contribution < 1.29 is 4.39 Å². The summed E-state index contributed by atoms with van der Waals surface area (Å²) in [5.41, 5.74) is 3.46. The number of benzene rings is 1. The average Bonchev–Trinajstić information content (AvgIpc) is 2.74. The number of halogens is 1. The van der Waals surface area contributed by atoms with Gasteiger partial charge in [-0.2, -0.15) is 5.26 Å². The number of aryl methyl sites for hydroxylation is 1. The Morgan fingerprint density at radius 3 is 2.57 bits per heavy atom. The first-order valence-corrected chi connectivity index (χ1v) is 10.0. The second-order valence-electron chi connectivity index (χ2n) is 8.01. The molecule has 1 aliphatic rings. The summed E-state index contributed by atoms with van der Waals surface area (Å²) in [5.74, 6) is -0.230. The van der Waals surface area contributed by atoms with Crippen LogP contribution in [0.2, 0.25) is 0 Å². The van der Waals surface area contributed by atoms with E-state index in [2.05, 4.69) is 34.7 Å². The Balaban J connectivity index is 1.66. The number of rotatable bonds is 3. The zero-order valence-electron chi connectivity index (χ0n) is 17.3. The Hall–Kier alpha value is -3.24. The van der Waals surface area contributed by atoms with E-state index in [1.165, 1.54) is 12.1 Å². The fourth-order valence-electron chi connectivity index (χ4n) is 4.17. The summed E-state index contributed by atoms with van der Waals surface area (Å²) in [6, 6.07) is 14.1. The Bertz CT molecular complexity index is 1180. The van der Waals surface area contributed by atoms with Gasteiger partial charge in [-0.3, -0.25) is 9.69 Å². The molecule has 0 amide bonds. The molecule has 0 N–H and O–H groups in total. The summed E-state index contributed by atoms with van der Waals surface area (Å²) in [6.07, 6.45) is 0. The van der Waals surface area contributed by atoms with Crippen LogP contribution in [0, 0.1) is 17.1 Å². The number of hydrogen-bond donors (Lipinski definition) is 0. The molecule has 7 heteroatoms. The van der Waals surface area contributed by atoms with E-state index >= 15 is 0 Å².